The van der Waals surface area contributed by atoms with Gasteiger partial charge in [0.05, 0.1) is 26.9 Å². The van der Waals surface area contributed by atoms with E-state index in [-0.39, 0.29) is 24.5 Å². The van der Waals surface area contributed by atoms with Gasteiger partial charge in [-0.1, -0.05) is 13.8 Å². The van der Waals surface area contributed by atoms with Crippen LogP contribution in [0.25, 0.3) is 0 Å². The molecule has 0 spiro atoms. The second-order valence-electron chi connectivity index (χ2n) is 4.61. The van der Waals surface area contributed by atoms with Crippen molar-refractivity contribution in [1.82, 2.24) is 5.32 Å². The van der Waals surface area contributed by atoms with Crippen molar-refractivity contribution in [3.05, 3.63) is 23.8 Å². The van der Waals surface area contributed by atoms with Crippen molar-refractivity contribution in [3.8, 4) is 11.5 Å². The number of hydrogen-bond acceptors (Lipinski definition) is 4. The predicted molar refractivity (Wildman–Crippen MR) is 72.7 cm³/mol. The molecule has 0 heterocycles. The summed E-state index contributed by atoms with van der Waals surface area (Å²) in [5.74, 6) is 0.996. The van der Waals surface area contributed by atoms with Crippen LogP contribution in [-0.2, 0) is 0 Å². The van der Waals surface area contributed by atoms with E-state index in [4.69, 9.17) is 9.47 Å². The van der Waals surface area contributed by atoms with Crippen molar-refractivity contribution in [2.75, 3.05) is 20.8 Å². The fraction of sp³-hybridized carbons (Fsp3) is 0.500. The van der Waals surface area contributed by atoms with Gasteiger partial charge in [0.1, 0.15) is 11.5 Å². The lowest BCUT2D eigenvalue weighted by molar-refractivity contribution is 0.0896. The van der Waals surface area contributed by atoms with Crippen LogP contribution >= 0.6 is 0 Å². The van der Waals surface area contributed by atoms with Crippen LogP contribution in [0.15, 0.2) is 18.2 Å². The van der Waals surface area contributed by atoms with Crippen LogP contribution < -0.4 is 14.8 Å². The molecule has 1 amide bonds. The Kier molecular flexibility index (Phi) is 5.63. The molecule has 0 saturated heterocycles. The smallest absolute Gasteiger partial charge is 0.251 e. The van der Waals surface area contributed by atoms with Gasteiger partial charge >= 0.3 is 0 Å². The molecule has 0 aliphatic rings. The van der Waals surface area contributed by atoms with E-state index >= 15 is 0 Å². The van der Waals surface area contributed by atoms with E-state index in [2.05, 4.69) is 5.32 Å². The van der Waals surface area contributed by atoms with Crippen molar-refractivity contribution in [2.45, 2.75) is 19.9 Å². The first-order chi connectivity index (χ1) is 9.01. The Morgan fingerprint density at radius 1 is 1.21 bits per heavy atom. The number of carbonyl (C=O) groups is 1. The van der Waals surface area contributed by atoms with Gasteiger partial charge in [0, 0.05) is 11.6 Å². The van der Waals surface area contributed by atoms with Gasteiger partial charge in [-0.05, 0) is 18.1 Å². The molecule has 0 aliphatic heterocycles. The normalized spacial score (nSPS) is 12.1. The monoisotopic (exact) mass is 267 g/mol. The Labute approximate surface area is 113 Å². The number of carbonyl (C=O) groups excluding carboxylic acids is 1. The molecule has 0 aliphatic carbocycles. The molecular weight excluding hydrogens is 246 g/mol. The molecule has 1 aromatic carbocycles. The van der Waals surface area contributed by atoms with E-state index in [9.17, 15) is 9.90 Å². The van der Waals surface area contributed by atoms with Gasteiger partial charge in [0.25, 0.3) is 5.91 Å². The lowest BCUT2D eigenvalue weighted by atomic mass is 10.0. The van der Waals surface area contributed by atoms with Crippen molar-refractivity contribution in [3.63, 3.8) is 0 Å². The van der Waals surface area contributed by atoms with Crippen molar-refractivity contribution < 1.29 is 19.4 Å². The molecule has 5 heteroatoms. The molecule has 2 N–H and O–H groups in total. The minimum absolute atomic E-state index is 0.0927. The predicted octanol–water partition coefficient (Wildman–Crippen LogP) is 1.45. The number of nitrogens with one attached hydrogen (secondary N) is 1. The highest BCUT2D eigenvalue weighted by Gasteiger charge is 2.17. The molecule has 1 atom stereocenters. The summed E-state index contributed by atoms with van der Waals surface area (Å²) in [5.41, 5.74) is 0.440. The number of aliphatic hydroxyl groups excluding tert-OH is 1. The molecule has 0 aromatic heterocycles. The Balaban J connectivity index is 2.92. The van der Waals surface area contributed by atoms with Gasteiger partial charge in [-0.2, -0.15) is 0 Å². The molecular formula is C14H21NO4. The van der Waals surface area contributed by atoms with Crippen molar-refractivity contribution >= 4 is 5.91 Å². The average Bonchev–Trinajstić information content (AvgIpc) is 2.43. The summed E-state index contributed by atoms with van der Waals surface area (Å²) < 4.78 is 10.2. The molecule has 0 radical (unpaired) electrons. The highest BCUT2D eigenvalue weighted by molar-refractivity contribution is 5.95. The van der Waals surface area contributed by atoms with E-state index in [1.807, 2.05) is 13.8 Å². The van der Waals surface area contributed by atoms with Gasteiger partial charge in [-0.15, -0.1) is 0 Å². The fourth-order valence-corrected chi connectivity index (χ4v) is 1.61. The number of rotatable bonds is 6. The van der Waals surface area contributed by atoms with Crippen LogP contribution in [0.4, 0.5) is 0 Å². The molecule has 1 aromatic rings. The summed E-state index contributed by atoms with van der Waals surface area (Å²) in [7, 11) is 3.06. The molecule has 0 bridgehead atoms. The summed E-state index contributed by atoms with van der Waals surface area (Å²) >= 11 is 0. The quantitative estimate of drug-likeness (QED) is 0.818. The Hall–Kier alpha value is -1.75. The maximum atomic E-state index is 12.1. The van der Waals surface area contributed by atoms with Gasteiger partial charge in [0.15, 0.2) is 0 Å². The first kappa shape index (κ1) is 15.3. The molecule has 0 fully saturated rings. The lowest BCUT2D eigenvalue weighted by Crippen LogP contribution is -2.41. The number of hydrogen-bond donors (Lipinski definition) is 2. The molecule has 0 unspecified atom stereocenters. The number of aliphatic hydroxyl groups is 1. The largest absolute Gasteiger partial charge is 0.497 e. The molecule has 5 nitrogen and oxygen atoms in total. The van der Waals surface area contributed by atoms with E-state index in [0.717, 1.165) is 0 Å². The zero-order valence-electron chi connectivity index (χ0n) is 11.8. The van der Waals surface area contributed by atoms with Crippen LogP contribution in [0, 0.1) is 5.92 Å². The minimum Gasteiger partial charge on any atom is -0.497 e. The van der Waals surface area contributed by atoms with Crippen LogP contribution in [0.5, 0.6) is 11.5 Å². The summed E-state index contributed by atoms with van der Waals surface area (Å²) in [6.45, 7) is 3.78. The highest BCUT2D eigenvalue weighted by atomic mass is 16.5. The second-order valence-corrected chi connectivity index (χ2v) is 4.61. The maximum absolute atomic E-state index is 12.1. The van der Waals surface area contributed by atoms with E-state index in [1.165, 1.54) is 14.2 Å². The Morgan fingerprint density at radius 2 is 1.74 bits per heavy atom. The third kappa shape index (κ3) is 4.13. The maximum Gasteiger partial charge on any atom is 0.251 e. The van der Waals surface area contributed by atoms with Crippen molar-refractivity contribution in [2.24, 2.45) is 5.92 Å². The minimum atomic E-state index is -0.273. The zero-order valence-corrected chi connectivity index (χ0v) is 11.8. The van der Waals surface area contributed by atoms with Gasteiger partial charge in [-0.3, -0.25) is 4.79 Å². The Bertz CT molecular complexity index is 409. The van der Waals surface area contributed by atoms with Crippen LogP contribution in [-0.4, -0.2) is 37.9 Å². The van der Waals surface area contributed by atoms with E-state index < -0.39 is 0 Å². The number of amides is 1. The van der Waals surface area contributed by atoms with E-state index in [0.29, 0.717) is 17.1 Å². The topological polar surface area (TPSA) is 67.8 Å². The summed E-state index contributed by atoms with van der Waals surface area (Å²) in [5, 5.41) is 12.0. The van der Waals surface area contributed by atoms with Crippen LogP contribution in [0.2, 0.25) is 0 Å². The van der Waals surface area contributed by atoms with Gasteiger partial charge < -0.3 is 19.9 Å². The van der Waals surface area contributed by atoms with Crippen LogP contribution in [0.1, 0.15) is 24.2 Å². The fourth-order valence-electron chi connectivity index (χ4n) is 1.61. The third-order valence-corrected chi connectivity index (χ3v) is 2.93. The van der Waals surface area contributed by atoms with Crippen molar-refractivity contribution in [1.29, 1.82) is 0 Å². The summed E-state index contributed by atoms with van der Waals surface area (Å²) in [6, 6.07) is 4.69. The van der Waals surface area contributed by atoms with Gasteiger partial charge in [0.2, 0.25) is 0 Å². The number of methoxy groups -OCH3 is 2. The molecule has 19 heavy (non-hydrogen) atoms. The summed E-state index contributed by atoms with van der Waals surface area (Å²) in [6.07, 6.45) is 0. The summed E-state index contributed by atoms with van der Waals surface area (Å²) in [4.78, 5) is 12.1. The lowest BCUT2D eigenvalue weighted by Gasteiger charge is -2.20. The third-order valence-electron chi connectivity index (χ3n) is 2.93. The number of benzene rings is 1. The standard InChI is InChI=1S/C14H21NO4/c1-9(2)13(8-16)15-14(17)10-5-11(18-3)7-12(6-10)19-4/h5-7,9,13,16H,8H2,1-4H3,(H,15,17)/t13-/m1/s1. The first-order valence-corrected chi connectivity index (χ1v) is 6.16. The Morgan fingerprint density at radius 3 is 2.11 bits per heavy atom. The second kappa shape index (κ2) is 6.99. The first-order valence-electron chi connectivity index (χ1n) is 6.16. The van der Waals surface area contributed by atoms with Crippen LogP contribution in [0.3, 0.4) is 0 Å². The number of ether oxygens (including phenoxy) is 2. The molecule has 106 valence electrons. The SMILES string of the molecule is COc1cc(OC)cc(C(=O)N[C@H](CO)C(C)C)c1. The zero-order chi connectivity index (χ0) is 14.4. The highest BCUT2D eigenvalue weighted by Crippen LogP contribution is 2.22. The molecule has 1 rings (SSSR count). The average molecular weight is 267 g/mol. The molecule has 0 saturated carbocycles. The van der Waals surface area contributed by atoms with E-state index in [1.54, 1.807) is 18.2 Å². The van der Waals surface area contributed by atoms with Gasteiger partial charge in [-0.25, -0.2) is 0 Å².